The second-order valence-electron chi connectivity index (χ2n) is 6.09. The Morgan fingerprint density at radius 2 is 2.08 bits per heavy atom. The lowest BCUT2D eigenvalue weighted by molar-refractivity contribution is -0.899. The standard InChI is InChI=1S/C18H26N2O5/c1-4-25-18(22)13-6-5-9-20(11-13)12-17(21)19-15-8-7-14(23-2)10-16(15)24-3/h7-8,10,13H,4-6,9,11-12H2,1-3H3,(H,19,21)/p+1/t13-/m0/s1. The van der Waals surface area contributed by atoms with Crippen LogP contribution < -0.4 is 19.7 Å². The summed E-state index contributed by atoms with van der Waals surface area (Å²) in [5, 5.41) is 2.87. The van der Waals surface area contributed by atoms with Crippen molar-refractivity contribution >= 4 is 17.6 Å². The molecule has 1 fully saturated rings. The number of piperidine rings is 1. The third-order valence-corrected chi connectivity index (χ3v) is 4.33. The number of methoxy groups -OCH3 is 2. The van der Waals surface area contributed by atoms with Crippen molar-refractivity contribution in [1.29, 1.82) is 0 Å². The van der Waals surface area contributed by atoms with E-state index < -0.39 is 0 Å². The maximum atomic E-state index is 12.4. The Kier molecular flexibility index (Phi) is 7.06. The molecule has 1 amide bonds. The largest absolute Gasteiger partial charge is 0.497 e. The van der Waals surface area contributed by atoms with Crippen molar-refractivity contribution in [3.63, 3.8) is 0 Å². The summed E-state index contributed by atoms with van der Waals surface area (Å²) < 4.78 is 15.5. The molecule has 1 unspecified atom stereocenters. The number of amides is 1. The van der Waals surface area contributed by atoms with Crippen molar-refractivity contribution in [3.8, 4) is 11.5 Å². The SMILES string of the molecule is CCOC(=O)[C@H]1CCC[NH+](CC(=O)Nc2ccc(OC)cc2OC)C1. The van der Waals surface area contributed by atoms with E-state index in [1.165, 1.54) is 0 Å². The fourth-order valence-electron chi connectivity index (χ4n) is 3.10. The molecule has 0 radical (unpaired) electrons. The molecule has 7 heteroatoms. The first-order valence-corrected chi connectivity index (χ1v) is 8.59. The van der Waals surface area contributed by atoms with Crippen molar-refractivity contribution in [3.05, 3.63) is 18.2 Å². The molecule has 2 rings (SSSR count). The Hall–Kier alpha value is -2.28. The molecule has 1 heterocycles. The highest BCUT2D eigenvalue weighted by molar-refractivity contribution is 5.93. The minimum atomic E-state index is -0.156. The van der Waals surface area contributed by atoms with Gasteiger partial charge in [-0.25, -0.2) is 0 Å². The van der Waals surface area contributed by atoms with Gasteiger partial charge in [0.1, 0.15) is 17.4 Å². The summed E-state index contributed by atoms with van der Waals surface area (Å²) in [7, 11) is 3.12. The maximum Gasteiger partial charge on any atom is 0.314 e. The number of anilines is 1. The van der Waals surface area contributed by atoms with Crippen molar-refractivity contribution in [2.75, 3.05) is 45.8 Å². The molecule has 1 saturated heterocycles. The van der Waals surface area contributed by atoms with Crippen LogP contribution in [-0.4, -0.2) is 52.3 Å². The molecule has 0 spiro atoms. The second kappa shape index (κ2) is 9.27. The number of rotatable bonds is 7. The lowest BCUT2D eigenvalue weighted by atomic mass is 9.98. The van der Waals surface area contributed by atoms with E-state index in [0.717, 1.165) is 24.3 Å². The van der Waals surface area contributed by atoms with Crippen LogP contribution >= 0.6 is 0 Å². The Bertz CT molecular complexity index is 605. The monoisotopic (exact) mass is 351 g/mol. The molecule has 2 N–H and O–H groups in total. The van der Waals surface area contributed by atoms with Gasteiger partial charge in [0.15, 0.2) is 6.54 Å². The Morgan fingerprint density at radius 3 is 2.76 bits per heavy atom. The van der Waals surface area contributed by atoms with E-state index in [-0.39, 0.29) is 17.8 Å². The first-order chi connectivity index (χ1) is 12.1. The number of hydrogen-bond donors (Lipinski definition) is 2. The maximum absolute atomic E-state index is 12.4. The predicted molar refractivity (Wildman–Crippen MR) is 93.1 cm³/mol. The molecular weight excluding hydrogens is 324 g/mol. The van der Waals surface area contributed by atoms with Crippen LogP contribution in [0.3, 0.4) is 0 Å². The minimum Gasteiger partial charge on any atom is -0.497 e. The first kappa shape index (κ1) is 19.1. The fourth-order valence-corrected chi connectivity index (χ4v) is 3.10. The molecule has 0 aliphatic carbocycles. The molecule has 1 aliphatic rings. The molecule has 0 saturated carbocycles. The summed E-state index contributed by atoms with van der Waals surface area (Å²) in [6, 6.07) is 5.24. The van der Waals surface area contributed by atoms with Crippen molar-refractivity contribution in [2.45, 2.75) is 19.8 Å². The van der Waals surface area contributed by atoms with E-state index in [0.29, 0.717) is 36.9 Å². The summed E-state index contributed by atoms with van der Waals surface area (Å²) >= 11 is 0. The normalized spacial score (nSPS) is 19.8. The predicted octanol–water partition coefficient (Wildman–Crippen LogP) is 0.500. The number of quaternary nitrogens is 1. The lowest BCUT2D eigenvalue weighted by Crippen LogP contribution is -3.14. The van der Waals surface area contributed by atoms with E-state index >= 15 is 0 Å². The molecule has 2 atom stereocenters. The average Bonchev–Trinajstić information content (AvgIpc) is 2.62. The molecular formula is C18H27N2O5+. The number of likely N-dealkylation sites (tertiary alicyclic amines) is 1. The van der Waals surface area contributed by atoms with Crippen LogP contribution in [0.4, 0.5) is 5.69 Å². The van der Waals surface area contributed by atoms with Crippen LogP contribution in [0, 0.1) is 5.92 Å². The molecule has 1 aromatic rings. The number of hydrogen-bond acceptors (Lipinski definition) is 5. The summed E-state index contributed by atoms with van der Waals surface area (Å²) in [6.07, 6.45) is 1.74. The average molecular weight is 351 g/mol. The summed E-state index contributed by atoms with van der Waals surface area (Å²) in [4.78, 5) is 25.4. The number of carbonyl (C=O) groups is 2. The lowest BCUT2D eigenvalue weighted by Gasteiger charge is -2.28. The smallest absolute Gasteiger partial charge is 0.314 e. The molecule has 1 aliphatic heterocycles. The van der Waals surface area contributed by atoms with E-state index in [4.69, 9.17) is 14.2 Å². The molecule has 7 nitrogen and oxygen atoms in total. The van der Waals surface area contributed by atoms with Crippen LogP contribution in [-0.2, 0) is 14.3 Å². The zero-order chi connectivity index (χ0) is 18.2. The Labute approximate surface area is 148 Å². The minimum absolute atomic E-state index is 0.108. The molecule has 138 valence electrons. The Morgan fingerprint density at radius 1 is 1.28 bits per heavy atom. The van der Waals surface area contributed by atoms with Crippen LogP contribution in [0.5, 0.6) is 11.5 Å². The second-order valence-corrected chi connectivity index (χ2v) is 6.09. The van der Waals surface area contributed by atoms with E-state index in [1.54, 1.807) is 39.3 Å². The number of esters is 1. The van der Waals surface area contributed by atoms with Gasteiger partial charge in [-0.1, -0.05) is 0 Å². The van der Waals surface area contributed by atoms with Gasteiger partial charge in [0.05, 0.1) is 39.6 Å². The molecule has 0 bridgehead atoms. The van der Waals surface area contributed by atoms with Crippen LogP contribution in [0.25, 0.3) is 0 Å². The van der Waals surface area contributed by atoms with Gasteiger partial charge in [0.2, 0.25) is 0 Å². The van der Waals surface area contributed by atoms with Gasteiger partial charge in [0, 0.05) is 6.07 Å². The highest BCUT2D eigenvalue weighted by Crippen LogP contribution is 2.28. The molecule has 1 aromatic carbocycles. The Balaban J connectivity index is 1.92. The first-order valence-electron chi connectivity index (χ1n) is 8.59. The van der Waals surface area contributed by atoms with Gasteiger partial charge >= 0.3 is 5.97 Å². The quantitative estimate of drug-likeness (QED) is 0.700. The van der Waals surface area contributed by atoms with Gasteiger partial charge < -0.3 is 24.4 Å². The van der Waals surface area contributed by atoms with Gasteiger partial charge in [-0.3, -0.25) is 9.59 Å². The van der Waals surface area contributed by atoms with Crippen LogP contribution in [0.2, 0.25) is 0 Å². The summed E-state index contributed by atoms with van der Waals surface area (Å²) in [5.74, 6) is 0.825. The van der Waals surface area contributed by atoms with E-state index in [1.807, 2.05) is 0 Å². The van der Waals surface area contributed by atoms with Gasteiger partial charge in [-0.05, 0) is 31.9 Å². The van der Waals surface area contributed by atoms with Crippen molar-refractivity contribution in [1.82, 2.24) is 0 Å². The topological polar surface area (TPSA) is 78.3 Å². The van der Waals surface area contributed by atoms with Gasteiger partial charge in [-0.15, -0.1) is 0 Å². The van der Waals surface area contributed by atoms with Crippen LogP contribution in [0.15, 0.2) is 18.2 Å². The highest BCUT2D eigenvalue weighted by atomic mass is 16.5. The van der Waals surface area contributed by atoms with E-state index in [9.17, 15) is 9.59 Å². The molecule has 25 heavy (non-hydrogen) atoms. The third-order valence-electron chi connectivity index (χ3n) is 4.33. The highest BCUT2D eigenvalue weighted by Gasteiger charge is 2.30. The fraction of sp³-hybridized carbons (Fsp3) is 0.556. The summed E-state index contributed by atoms with van der Waals surface area (Å²) in [6.45, 7) is 4.02. The number of ether oxygens (including phenoxy) is 3. The van der Waals surface area contributed by atoms with Gasteiger partial charge in [-0.2, -0.15) is 0 Å². The van der Waals surface area contributed by atoms with Crippen molar-refractivity contribution in [2.24, 2.45) is 5.92 Å². The zero-order valence-corrected chi connectivity index (χ0v) is 15.1. The molecule has 0 aromatic heterocycles. The van der Waals surface area contributed by atoms with E-state index in [2.05, 4.69) is 5.32 Å². The van der Waals surface area contributed by atoms with Crippen LogP contribution in [0.1, 0.15) is 19.8 Å². The van der Waals surface area contributed by atoms with Gasteiger partial charge in [0.25, 0.3) is 5.91 Å². The summed E-state index contributed by atoms with van der Waals surface area (Å²) in [5.41, 5.74) is 0.603. The number of benzene rings is 1. The third kappa shape index (κ3) is 5.35. The van der Waals surface area contributed by atoms with Crippen molar-refractivity contribution < 1.29 is 28.7 Å². The number of carbonyl (C=O) groups excluding carboxylic acids is 2. The number of nitrogens with one attached hydrogen (secondary N) is 2. The zero-order valence-electron chi connectivity index (χ0n) is 15.1.